The Morgan fingerprint density at radius 1 is 1.25 bits per heavy atom. The third-order valence-corrected chi connectivity index (χ3v) is 4.00. The summed E-state index contributed by atoms with van der Waals surface area (Å²) in [5.74, 6) is 0.684. The van der Waals surface area contributed by atoms with E-state index in [1.54, 1.807) is 12.1 Å². The van der Waals surface area contributed by atoms with Gasteiger partial charge in [0.1, 0.15) is 0 Å². The second-order valence-corrected chi connectivity index (χ2v) is 5.57. The minimum Gasteiger partial charge on any atom is -0.372 e. The minimum absolute atomic E-state index is 0.0904. The zero-order valence-electron chi connectivity index (χ0n) is 11.7. The quantitative estimate of drug-likeness (QED) is 0.896. The number of benzene rings is 1. The molecular weight excluding hydrogens is 265 g/mol. The summed E-state index contributed by atoms with van der Waals surface area (Å²) in [6.45, 7) is 3.94. The summed E-state index contributed by atoms with van der Waals surface area (Å²) in [5.41, 5.74) is 5.89. The Morgan fingerprint density at radius 2 is 2.00 bits per heavy atom. The summed E-state index contributed by atoms with van der Waals surface area (Å²) in [6.07, 6.45) is -0.986. The first kappa shape index (κ1) is 15.2. The fraction of sp³-hybridized carbons (Fsp3) is 0.600. The Bertz CT molecular complexity index is 457. The third-order valence-electron chi connectivity index (χ3n) is 4.00. The van der Waals surface area contributed by atoms with Crippen LogP contribution in [0.15, 0.2) is 18.2 Å². The van der Waals surface area contributed by atoms with Crippen LogP contribution in [0.4, 0.5) is 18.9 Å². The summed E-state index contributed by atoms with van der Waals surface area (Å²) in [5, 5.41) is 0. The van der Waals surface area contributed by atoms with Gasteiger partial charge in [0.15, 0.2) is 0 Å². The van der Waals surface area contributed by atoms with Crippen molar-refractivity contribution in [2.45, 2.75) is 38.9 Å². The average molecular weight is 286 g/mol. The molecule has 1 aliphatic heterocycles. The van der Waals surface area contributed by atoms with E-state index >= 15 is 0 Å². The number of alkyl halides is 3. The Labute approximate surface area is 117 Å². The number of hydrogen-bond donors (Lipinski definition) is 1. The van der Waals surface area contributed by atoms with E-state index in [1.165, 1.54) is 6.42 Å². The highest BCUT2D eigenvalue weighted by Gasteiger charge is 2.33. The van der Waals surface area contributed by atoms with Gasteiger partial charge in [0.05, 0.1) is 5.56 Å². The summed E-state index contributed by atoms with van der Waals surface area (Å²) < 4.78 is 38.6. The molecule has 1 fully saturated rings. The molecule has 2 nitrogen and oxygen atoms in total. The topological polar surface area (TPSA) is 29.3 Å². The van der Waals surface area contributed by atoms with E-state index in [9.17, 15) is 13.2 Å². The molecule has 0 aliphatic carbocycles. The van der Waals surface area contributed by atoms with Crippen LogP contribution in [0.3, 0.4) is 0 Å². The number of nitrogens with zero attached hydrogens (tertiary/aromatic N) is 1. The van der Waals surface area contributed by atoms with E-state index in [2.05, 4.69) is 11.8 Å². The molecule has 1 unspecified atom stereocenters. The van der Waals surface area contributed by atoms with E-state index < -0.39 is 11.7 Å². The third kappa shape index (κ3) is 3.45. The first-order chi connectivity index (χ1) is 9.41. The molecule has 1 saturated heterocycles. The predicted octanol–water partition coefficient (Wildman–Crippen LogP) is 3.79. The lowest BCUT2D eigenvalue weighted by atomic mass is 10.0. The van der Waals surface area contributed by atoms with Crippen molar-refractivity contribution in [3.63, 3.8) is 0 Å². The van der Waals surface area contributed by atoms with E-state index in [-0.39, 0.29) is 12.1 Å². The largest absolute Gasteiger partial charge is 0.416 e. The van der Waals surface area contributed by atoms with Gasteiger partial charge in [-0.1, -0.05) is 6.92 Å². The van der Waals surface area contributed by atoms with Crippen LogP contribution < -0.4 is 10.6 Å². The summed E-state index contributed by atoms with van der Waals surface area (Å²) in [6, 6.07) is 4.32. The maximum absolute atomic E-state index is 12.9. The molecule has 0 aromatic heterocycles. The molecule has 2 rings (SSSR count). The number of rotatable bonds is 2. The van der Waals surface area contributed by atoms with Gasteiger partial charge in [-0.25, -0.2) is 0 Å². The van der Waals surface area contributed by atoms with Gasteiger partial charge >= 0.3 is 6.18 Å². The van der Waals surface area contributed by atoms with Gasteiger partial charge in [0.2, 0.25) is 0 Å². The van der Waals surface area contributed by atoms with E-state index in [0.717, 1.165) is 37.7 Å². The van der Waals surface area contributed by atoms with Crippen molar-refractivity contribution >= 4 is 5.69 Å². The van der Waals surface area contributed by atoms with Crippen LogP contribution in [0.25, 0.3) is 0 Å². The number of anilines is 1. The molecule has 0 saturated carbocycles. The molecule has 5 heteroatoms. The number of hydrogen-bond acceptors (Lipinski definition) is 2. The molecule has 112 valence electrons. The van der Waals surface area contributed by atoms with E-state index in [0.29, 0.717) is 5.92 Å². The van der Waals surface area contributed by atoms with Crippen molar-refractivity contribution in [2.75, 3.05) is 18.0 Å². The number of nitrogens with two attached hydrogens (primary N) is 1. The standard InChI is InChI=1S/C15H21F3N2/c1-11-3-2-7-20(8-6-11)13-4-5-14(15(16,17)18)12(9-13)10-19/h4-5,9,11H,2-3,6-8,10,19H2,1H3. The molecule has 0 spiro atoms. The highest BCUT2D eigenvalue weighted by atomic mass is 19.4. The lowest BCUT2D eigenvalue weighted by molar-refractivity contribution is -0.138. The predicted molar refractivity (Wildman–Crippen MR) is 74.6 cm³/mol. The molecule has 1 aromatic carbocycles. The van der Waals surface area contributed by atoms with Gasteiger partial charge in [-0.2, -0.15) is 13.2 Å². The molecule has 0 amide bonds. The van der Waals surface area contributed by atoms with Crippen LogP contribution >= 0.6 is 0 Å². The van der Waals surface area contributed by atoms with Crippen LogP contribution in [0.1, 0.15) is 37.3 Å². The van der Waals surface area contributed by atoms with E-state index in [4.69, 9.17) is 5.73 Å². The fourth-order valence-electron chi connectivity index (χ4n) is 2.74. The molecule has 1 atom stereocenters. The molecule has 1 aromatic rings. The van der Waals surface area contributed by atoms with Crippen LogP contribution in [-0.2, 0) is 12.7 Å². The minimum atomic E-state index is -4.33. The van der Waals surface area contributed by atoms with Crippen molar-refractivity contribution in [3.05, 3.63) is 29.3 Å². The molecular formula is C15H21F3N2. The highest BCUT2D eigenvalue weighted by Crippen LogP contribution is 2.34. The molecule has 2 N–H and O–H groups in total. The van der Waals surface area contributed by atoms with Crippen molar-refractivity contribution in [1.82, 2.24) is 0 Å². The first-order valence-corrected chi connectivity index (χ1v) is 7.07. The Morgan fingerprint density at radius 3 is 2.65 bits per heavy atom. The SMILES string of the molecule is CC1CCCN(c2ccc(C(F)(F)F)c(CN)c2)CC1. The van der Waals surface area contributed by atoms with Crippen molar-refractivity contribution < 1.29 is 13.2 Å². The maximum Gasteiger partial charge on any atom is 0.416 e. The molecule has 0 radical (unpaired) electrons. The van der Waals surface area contributed by atoms with Gasteiger partial charge in [0.25, 0.3) is 0 Å². The van der Waals surface area contributed by atoms with Crippen LogP contribution in [-0.4, -0.2) is 13.1 Å². The van der Waals surface area contributed by atoms with Crippen LogP contribution in [0.2, 0.25) is 0 Å². The zero-order chi connectivity index (χ0) is 14.8. The normalized spacial score (nSPS) is 20.9. The smallest absolute Gasteiger partial charge is 0.372 e. The first-order valence-electron chi connectivity index (χ1n) is 7.07. The molecule has 1 heterocycles. The fourth-order valence-corrected chi connectivity index (χ4v) is 2.74. The highest BCUT2D eigenvalue weighted by molar-refractivity contribution is 5.52. The van der Waals surface area contributed by atoms with Gasteiger partial charge in [-0.3, -0.25) is 0 Å². The van der Waals surface area contributed by atoms with Crippen molar-refractivity contribution in [1.29, 1.82) is 0 Å². The maximum atomic E-state index is 12.9. The van der Waals surface area contributed by atoms with Crippen LogP contribution in [0, 0.1) is 5.92 Å². The Hall–Kier alpha value is -1.23. The molecule has 20 heavy (non-hydrogen) atoms. The van der Waals surface area contributed by atoms with E-state index in [1.807, 2.05) is 0 Å². The lowest BCUT2D eigenvalue weighted by Crippen LogP contribution is -2.25. The Balaban J connectivity index is 2.25. The lowest BCUT2D eigenvalue weighted by Gasteiger charge is -2.24. The molecule has 1 aliphatic rings. The zero-order valence-corrected chi connectivity index (χ0v) is 11.7. The summed E-state index contributed by atoms with van der Waals surface area (Å²) in [4.78, 5) is 2.17. The van der Waals surface area contributed by atoms with Gasteiger partial charge in [-0.15, -0.1) is 0 Å². The van der Waals surface area contributed by atoms with Crippen molar-refractivity contribution in [3.8, 4) is 0 Å². The second-order valence-electron chi connectivity index (χ2n) is 5.57. The van der Waals surface area contributed by atoms with Crippen LogP contribution in [0.5, 0.6) is 0 Å². The summed E-state index contributed by atoms with van der Waals surface area (Å²) >= 11 is 0. The molecule has 0 bridgehead atoms. The van der Waals surface area contributed by atoms with Gasteiger partial charge in [-0.05, 0) is 48.9 Å². The monoisotopic (exact) mass is 286 g/mol. The Kier molecular flexibility index (Phi) is 4.58. The van der Waals surface area contributed by atoms with Crippen molar-refractivity contribution in [2.24, 2.45) is 11.7 Å². The van der Waals surface area contributed by atoms with Gasteiger partial charge in [0, 0.05) is 25.3 Å². The average Bonchev–Trinajstić information content (AvgIpc) is 2.62. The second kappa shape index (κ2) is 6.04. The number of halogens is 3. The van der Waals surface area contributed by atoms with Gasteiger partial charge < -0.3 is 10.6 Å². The summed E-state index contributed by atoms with van der Waals surface area (Å²) in [7, 11) is 0.